The van der Waals surface area contributed by atoms with Crippen molar-refractivity contribution >= 4 is 38.9 Å². The second-order valence-electron chi connectivity index (χ2n) is 3.22. The lowest BCUT2D eigenvalue weighted by atomic mass is 10.3. The Morgan fingerprint density at radius 3 is 2.12 bits per heavy atom. The van der Waals surface area contributed by atoms with Crippen LogP contribution in [0.5, 0.6) is 0 Å². The van der Waals surface area contributed by atoms with E-state index in [9.17, 15) is 8.42 Å². The number of nitrogens with zero attached hydrogens (tertiary/aromatic N) is 1. The molecule has 0 aliphatic carbocycles. The van der Waals surface area contributed by atoms with Crippen LogP contribution >= 0.6 is 23.2 Å². The molecule has 0 fully saturated rings. The third kappa shape index (κ3) is 2.43. The fraction of sp³-hybridized carbons (Fsp3) is 0.333. The van der Waals surface area contributed by atoms with Crippen molar-refractivity contribution in [2.45, 2.75) is 11.8 Å². The average Bonchev–Trinajstić information content (AvgIpc) is 2.23. The van der Waals surface area contributed by atoms with Crippen LogP contribution in [0.15, 0.2) is 17.0 Å². The Kier molecular flexibility index (Phi) is 4.07. The minimum absolute atomic E-state index is 0.0426. The summed E-state index contributed by atoms with van der Waals surface area (Å²) in [6.07, 6.45) is 0. The van der Waals surface area contributed by atoms with Gasteiger partial charge in [-0.15, -0.1) is 0 Å². The van der Waals surface area contributed by atoms with Crippen LogP contribution in [0.1, 0.15) is 6.92 Å². The van der Waals surface area contributed by atoms with Crippen LogP contribution in [0, 0.1) is 0 Å². The predicted octanol–water partition coefficient (Wildman–Crippen LogP) is 2.22. The Labute approximate surface area is 105 Å². The summed E-state index contributed by atoms with van der Waals surface area (Å²) < 4.78 is 25.1. The van der Waals surface area contributed by atoms with Crippen LogP contribution in [0.4, 0.5) is 5.69 Å². The molecule has 0 radical (unpaired) electrons. The molecule has 16 heavy (non-hydrogen) atoms. The van der Waals surface area contributed by atoms with Gasteiger partial charge in [0.1, 0.15) is 0 Å². The Hall–Kier alpha value is -0.490. The van der Waals surface area contributed by atoms with E-state index < -0.39 is 10.0 Å². The number of hydrogen-bond acceptors (Lipinski definition) is 3. The lowest BCUT2D eigenvalue weighted by Gasteiger charge is -2.15. The number of sulfonamides is 1. The third-order valence-electron chi connectivity index (χ3n) is 2.21. The van der Waals surface area contributed by atoms with Crippen molar-refractivity contribution in [1.82, 2.24) is 4.31 Å². The first-order valence-electron chi connectivity index (χ1n) is 4.51. The van der Waals surface area contributed by atoms with Crippen molar-refractivity contribution in [2.24, 2.45) is 0 Å². The van der Waals surface area contributed by atoms with Crippen molar-refractivity contribution in [2.75, 3.05) is 19.3 Å². The molecule has 0 atom stereocenters. The summed E-state index contributed by atoms with van der Waals surface area (Å²) in [5, 5.41) is 0.270. The minimum Gasteiger partial charge on any atom is -0.396 e. The van der Waals surface area contributed by atoms with E-state index in [1.807, 2.05) is 0 Å². The molecule has 0 amide bonds. The first kappa shape index (κ1) is 13.6. The second kappa shape index (κ2) is 4.79. The minimum atomic E-state index is -3.54. The average molecular weight is 283 g/mol. The molecular formula is C9H12Cl2N2O2S. The zero-order chi connectivity index (χ0) is 12.5. The molecule has 1 aromatic carbocycles. The summed E-state index contributed by atoms with van der Waals surface area (Å²) in [7, 11) is -2.06. The number of nitrogens with two attached hydrogens (primary N) is 1. The Morgan fingerprint density at radius 1 is 1.31 bits per heavy atom. The van der Waals surface area contributed by atoms with E-state index in [4.69, 9.17) is 28.9 Å². The first-order valence-corrected chi connectivity index (χ1v) is 6.71. The number of benzene rings is 1. The standard InChI is InChI=1S/C9H12Cl2N2O2S/c1-3-13(2)16(14,15)6-4-7(10)9(12)8(11)5-6/h4-5H,3,12H2,1-2H3. The summed E-state index contributed by atoms with van der Waals surface area (Å²) in [6, 6.07) is 2.59. The van der Waals surface area contributed by atoms with Crippen molar-refractivity contribution in [3.05, 3.63) is 22.2 Å². The molecule has 1 rings (SSSR count). The van der Waals surface area contributed by atoms with Crippen LogP contribution in [0.3, 0.4) is 0 Å². The van der Waals surface area contributed by atoms with E-state index in [2.05, 4.69) is 0 Å². The Bertz CT molecular complexity index is 479. The van der Waals surface area contributed by atoms with Crippen molar-refractivity contribution in [3.63, 3.8) is 0 Å². The van der Waals surface area contributed by atoms with Gasteiger partial charge in [-0.1, -0.05) is 30.1 Å². The summed E-state index contributed by atoms with van der Waals surface area (Å²) in [5.74, 6) is 0. The molecule has 0 aliphatic heterocycles. The van der Waals surface area contributed by atoms with E-state index in [0.29, 0.717) is 6.54 Å². The number of halogens is 2. The predicted molar refractivity (Wildman–Crippen MR) is 66.4 cm³/mol. The highest BCUT2D eigenvalue weighted by Gasteiger charge is 2.21. The molecule has 7 heteroatoms. The van der Waals surface area contributed by atoms with E-state index >= 15 is 0 Å². The maximum atomic E-state index is 11.9. The fourth-order valence-corrected chi connectivity index (χ4v) is 2.91. The zero-order valence-electron chi connectivity index (χ0n) is 8.87. The molecule has 0 saturated heterocycles. The molecular weight excluding hydrogens is 271 g/mol. The quantitative estimate of drug-likeness (QED) is 0.865. The largest absolute Gasteiger partial charge is 0.396 e. The van der Waals surface area contributed by atoms with Gasteiger partial charge in [0, 0.05) is 13.6 Å². The molecule has 4 nitrogen and oxygen atoms in total. The van der Waals surface area contributed by atoms with Gasteiger partial charge in [-0.05, 0) is 12.1 Å². The van der Waals surface area contributed by atoms with Crippen LogP contribution in [-0.4, -0.2) is 26.3 Å². The molecule has 0 saturated carbocycles. The van der Waals surface area contributed by atoms with Gasteiger partial charge in [0.15, 0.2) is 0 Å². The highest BCUT2D eigenvalue weighted by Crippen LogP contribution is 2.31. The summed E-state index contributed by atoms with van der Waals surface area (Å²) in [4.78, 5) is 0.0426. The van der Waals surface area contributed by atoms with Crippen molar-refractivity contribution in [1.29, 1.82) is 0 Å². The van der Waals surface area contributed by atoms with Gasteiger partial charge in [-0.3, -0.25) is 0 Å². The third-order valence-corrected chi connectivity index (χ3v) is 4.74. The van der Waals surface area contributed by atoms with E-state index in [-0.39, 0.29) is 20.6 Å². The van der Waals surface area contributed by atoms with Gasteiger partial charge in [-0.25, -0.2) is 12.7 Å². The summed E-state index contributed by atoms with van der Waals surface area (Å²) in [5.41, 5.74) is 5.71. The molecule has 0 heterocycles. The van der Waals surface area contributed by atoms with Crippen molar-refractivity contribution in [3.8, 4) is 0 Å². The fourth-order valence-electron chi connectivity index (χ4n) is 1.06. The maximum Gasteiger partial charge on any atom is 0.242 e. The molecule has 0 bridgehead atoms. The first-order chi connectivity index (χ1) is 7.30. The van der Waals surface area contributed by atoms with Crippen molar-refractivity contribution < 1.29 is 8.42 Å². The van der Waals surface area contributed by atoms with Gasteiger partial charge in [-0.2, -0.15) is 0 Å². The van der Waals surface area contributed by atoms with E-state index in [1.165, 1.54) is 23.5 Å². The van der Waals surface area contributed by atoms with Gasteiger partial charge in [0.05, 0.1) is 20.6 Å². The molecule has 90 valence electrons. The highest BCUT2D eigenvalue weighted by atomic mass is 35.5. The molecule has 0 spiro atoms. The van der Waals surface area contributed by atoms with E-state index in [0.717, 1.165) is 0 Å². The van der Waals surface area contributed by atoms with Crippen LogP contribution in [0.2, 0.25) is 10.0 Å². The normalized spacial score (nSPS) is 12.1. The number of anilines is 1. The highest BCUT2D eigenvalue weighted by molar-refractivity contribution is 7.89. The number of hydrogen-bond donors (Lipinski definition) is 1. The van der Waals surface area contributed by atoms with Gasteiger partial charge in [0.2, 0.25) is 10.0 Å². The van der Waals surface area contributed by atoms with Crippen LogP contribution < -0.4 is 5.73 Å². The number of nitrogen functional groups attached to an aromatic ring is 1. The molecule has 0 unspecified atom stereocenters. The Balaban J connectivity index is 3.36. The van der Waals surface area contributed by atoms with Gasteiger partial charge >= 0.3 is 0 Å². The van der Waals surface area contributed by atoms with E-state index in [1.54, 1.807) is 6.92 Å². The topological polar surface area (TPSA) is 63.4 Å². The lowest BCUT2D eigenvalue weighted by molar-refractivity contribution is 0.486. The summed E-state index contributed by atoms with van der Waals surface area (Å²) in [6.45, 7) is 2.10. The zero-order valence-corrected chi connectivity index (χ0v) is 11.2. The second-order valence-corrected chi connectivity index (χ2v) is 6.08. The van der Waals surface area contributed by atoms with Gasteiger partial charge < -0.3 is 5.73 Å². The smallest absolute Gasteiger partial charge is 0.242 e. The van der Waals surface area contributed by atoms with Crippen LogP contribution in [-0.2, 0) is 10.0 Å². The molecule has 2 N–H and O–H groups in total. The monoisotopic (exact) mass is 282 g/mol. The van der Waals surface area contributed by atoms with Crippen LogP contribution in [0.25, 0.3) is 0 Å². The Morgan fingerprint density at radius 2 is 1.75 bits per heavy atom. The lowest BCUT2D eigenvalue weighted by Crippen LogP contribution is -2.26. The number of rotatable bonds is 3. The molecule has 0 aromatic heterocycles. The summed E-state index contributed by atoms with van der Waals surface area (Å²) >= 11 is 11.6. The molecule has 1 aromatic rings. The van der Waals surface area contributed by atoms with Gasteiger partial charge in [0.25, 0.3) is 0 Å². The SMILES string of the molecule is CCN(C)S(=O)(=O)c1cc(Cl)c(N)c(Cl)c1. The molecule has 0 aliphatic rings. The maximum absolute atomic E-state index is 11.9.